The Labute approximate surface area is 401 Å². The molecule has 0 saturated heterocycles. The van der Waals surface area contributed by atoms with E-state index in [1.165, 1.54) is 51.5 Å². The Kier molecular flexibility index (Phi) is 14.3. The summed E-state index contributed by atoms with van der Waals surface area (Å²) in [4.78, 5) is 14.7. The Morgan fingerprint density at radius 3 is 2.05 bits per heavy atom. The van der Waals surface area contributed by atoms with Crippen LogP contribution < -0.4 is 5.19 Å². The predicted molar refractivity (Wildman–Crippen MR) is 273 cm³/mol. The van der Waals surface area contributed by atoms with Crippen LogP contribution in [0.4, 0.5) is 0 Å². The molecule has 0 saturated carbocycles. The SMILES string of the molecule is CCC(C)(CC)Cc1cc(-c2[c-]cccc2)ncc1[Si](C)(C)C.Cc1ccc2c(n1)oc1c(-c3nc4ccccc4n3-c3c(C(C)C)cc(-c4ccccc4)cc3C(C)C)[c-]ccc12.[Ir]. The third-order valence-corrected chi connectivity index (χ3v) is 15.1. The summed E-state index contributed by atoms with van der Waals surface area (Å²) in [6, 6.07) is 49.2. The third kappa shape index (κ3) is 9.75. The van der Waals surface area contributed by atoms with Crippen molar-refractivity contribution in [3.05, 3.63) is 162 Å². The van der Waals surface area contributed by atoms with Gasteiger partial charge in [-0.2, -0.15) is 0 Å². The summed E-state index contributed by atoms with van der Waals surface area (Å²) in [6.07, 6.45) is 5.71. The zero-order valence-corrected chi connectivity index (χ0v) is 43.3. The maximum absolute atomic E-state index is 6.44. The third-order valence-electron chi connectivity index (χ3n) is 13.1. The summed E-state index contributed by atoms with van der Waals surface area (Å²) in [5.74, 6) is 1.40. The van der Waals surface area contributed by atoms with Gasteiger partial charge in [0.25, 0.3) is 0 Å². The second-order valence-electron chi connectivity index (χ2n) is 19.4. The summed E-state index contributed by atoms with van der Waals surface area (Å²) < 4.78 is 8.78. The fraction of sp³-hybridized carbons (Fsp3) is 0.293. The van der Waals surface area contributed by atoms with E-state index in [2.05, 4.69) is 187 Å². The monoisotopic (exact) mass is 1050 g/mol. The molecule has 0 aliphatic rings. The topological polar surface area (TPSA) is 56.7 Å². The van der Waals surface area contributed by atoms with E-state index in [-0.39, 0.29) is 20.1 Å². The van der Waals surface area contributed by atoms with Gasteiger partial charge in [-0.1, -0.05) is 146 Å². The molecule has 0 amide bonds. The van der Waals surface area contributed by atoms with Gasteiger partial charge in [-0.05, 0) is 100 Å². The molecule has 65 heavy (non-hydrogen) atoms. The Hall–Kier alpha value is -5.46. The maximum atomic E-state index is 6.44. The van der Waals surface area contributed by atoms with Gasteiger partial charge in [0.2, 0.25) is 5.71 Å². The first kappa shape index (κ1) is 47.5. The molecule has 1 radical (unpaired) electrons. The van der Waals surface area contributed by atoms with Crippen molar-refractivity contribution in [3.8, 4) is 39.5 Å². The zero-order chi connectivity index (χ0) is 45.3. The molecule has 0 bridgehead atoms. The number of hydrogen-bond donors (Lipinski definition) is 0. The Bertz CT molecular complexity index is 3040. The van der Waals surface area contributed by atoms with Crippen molar-refractivity contribution in [3.63, 3.8) is 0 Å². The number of nitrogens with zero attached hydrogens (tertiary/aromatic N) is 4. The van der Waals surface area contributed by atoms with Crippen molar-refractivity contribution < 1.29 is 24.5 Å². The number of aryl methyl sites for hydroxylation is 1. The minimum absolute atomic E-state index is 0. The molecule has 0 spiro atoms. The van der Waals surface area contributed by atoms with Crippen LogP contribution in [0.5, 0.6) is 0 Å². The molecule has 0 N–H and O–H groups in total. The van der Waals surface area contributed by atoms with E-state index in [0.29, 0.717) is 23.0 Å². The van der Waals surface area contributed by atoms with E-state index < -0.39 is 8.07 Å². The number of benzene rings is 5. The first-order valence-electron chi connectivity index (χ1n) is 23.1. The summed E-state index contributed by atoms with van der Waals surface area (Å²) in [7, 11) is -1.40. The van der Waals surface area contributed by atoms with Gasteiger partial charge < -0.3 is 14.0 Å². The predicted octanol–water partition coefficient (Wildman–Crippen LogP) is 15.5. The van der Waals surface area contributed by atoms with Crippen molar-refractivity contribution in [2.45, 2.75) is 106 Å². The van der Waals surface area contributed by atoms with E-state index in [9.17, 15) is 0 Å². The van der Waals surface area contributed by atoms with Crippen molar-refractivity contribution in [2.75, 3.05) is 0 Å². The van der Waals surface area contributed by atoms with Crippen LogP contribution in [0.25, 0.3) is 72.6 Å². The minimum atomic E-state index is -1.40. The molecule has 5 aromatic carbocycles. The molecular weight excluding hydrogens is 989 g/mol. The van der Waals surface area contributed by atoms with Crippen LogP contribution >= 0.6 is 0 Å². The van der Waals surface area contributed by atoms with Gasteiger partial charge >= 0.3 is 0 Å². The number of furan rings is 1. The summed E-state index contributed by atoms with van der Waals surface area (Å²) >= 11 is 0. The van der Waals surface area contributed by atoms with Crippen LogP contribution in [0.15, 0.2) is 132 Å². The van der Waals surface area contributed by atoms with Crippen LogP contribution in [0.1, 0.15) is 95.5 Å². The second kappa shape index (κ2) is 19.6. The molecule has 0 aliphatic heterocycles. The average Bonchev–Trinajstić information content (AvgIpc) is 3.87. The quantitative estimate of drug-likeness (QED) is 0.0957. The summed E-state index contributed by atoms with van der Waals surface area (Å²) in [5, 5.41) is 3.53. The maximum Gasteiger partial charge on any atom is 0.216 e. The molecule has 5 nitrogen and oxygen atoms in total. The van der Waals surface area contributed by atoms with Gasteiger partial charge in [0.05, 0.1) is 30.5 Å². The normalized spacial score (nSPS) is 12.0. The number of fused-ring (bicyclic) bond motifs is 4. The zero-order valence-electron chi connectivity index (χ0n) is 39.9. The van der Waals surface area contributed by atoms with Crippen LogP contribution in [0.3, 0.4) is 0 Å². The van der Waals surface area contributed by atoms with E-state index in [1.54, 1.807) is 0 Å². The van der Waals surface area contributed by atoms with Crippen LogP contribution in [-0.4, -0.2) is 27.6 Å². The van der Waals surface area contributed by atoms with E-state index in [4.69, 9.17) is 14.4 Å². The number of rotatable bonds is 11. The molecular formula is C58H62IrN4OSi-2. The second-order valence-corrected chi connectivity index (χ2v) is 24.4. The number of aromatic nitrogens is 4. The van der Waals surface area contributed by atoms with Gasteiger partial charge in [-0.15, -0.1) is 54.1 Å². The molecule has 0 atom stereocenters. The first-order valence-corrected chi connectivity index (χ1v) is 26.6. The van der Waals surface area contributed by atoms with Crippen LogP contribution in [-0.2, 0) is 26.5 Å². The standard InChI is InChI=1S/C37H32N3O.C21H30NSi.Ir/c1-22(2)30-20-26(25-12-7-6-8-13-25)21-31(23(3)4)34(30)40-33-17-10-9-16-32(33)39-36(40)29-15-11-14-27-28-19-18-24(5)38-37(28)41-35(27)29;1-7-21(3,8-2)15-18-14-19(17-12-10-9-11-13-17)22-16-20(18)23(4,5)6;/h6-14,16-23H,1-5H3;9-12,14,16H,7-8,15H2,1-6H3;/q2*-1;. The van der Waals surface area contributed by atoms with Crippen molar-refractivity contribution in [1.29, 1.82) is 0 Å². The molecule has 9 aromatic rings. The smallest absolute Gasteiger partial charge is 0.216 e. The molecule has 9 rings (SSSR count). The Morgan fingerprint density at radius 1 is 0.723 bits per heavy atom. The van der Waals surface area contributed by atoms with Crippen molar-refractivity contribution >= 4 is 46.4 Å². The Balaban J connectivity index is 0.000000225. The largest absolute Gasteiger partial charge is 0.486 e. The molecule has 0 aliphatic carbocycles. The molecule has 4 aromatic heterocycles. The van der Waals surface area contributed by atoms with Crippen molar-refractivity contribution in [1.82, 2.24) is 19.5 Å². The summed E-state index contributed by atoms with van der Waals surface area (Å²) in [5.41, 5.74) is 15.4. The summed E-state index contributed by atoms with van der Waals surface area (Å²) in [6.45, 7) is 25.4. The van der Waals surface area contributed by atoms with E-state index >= 15 is 0 Å². The fourth-order valence-electron chi connectivity index (χ4n) is 8.89. The van der Waals surface area contributed by atoms with Crippen LogP contribution in [0, 0.1) is 24.5 Å². The number of para-hydroxylation sites is 2. The molecule has 335 valence electrons. The fourth-order valence-corrected chi connectivity index (χ4v) is 10.5. The van der Waals surface area contributed by atoms with Gasteiger partial charge in [0.1, 0.15) is 0 Å². The number of pyridine rings is 2. The minimum Gasteiger partial charge on any atom is -0.486 e. The average molecular weight is 1050 g/mol. The van der Waals surface area contributed by atoms with Gasteiger partial charge in [0, 0.05) is 43.1 Å². The molecule has 0 fully saturated rings. The first-order chi connectivity index (χ1) is 30.7. The van der Waals surface area contributed by atoms with Gasteiger partial charge in [0.15, 0.2) is 0 Å². The van der Waals surface area contributed by atoms with Gasteiger partial charge in [-0.3, -0.25) is 4.98 Å². The van der Waals surface area contributed by atoms with E-state index in [1.807, 2.05) is 37.3 Å². The molecule has 0 unspecified atom stereocenters. The Morgan fingerprint density at radius 2 is 1.40 bits per heavy atom. The van der Waals surface area contributed by atoms with Gasteiger partial charge in [-0.25, -0.2) is 4.98 Å². The number of imidazole rings is 1. The van der Waals surface area contributed by atoms with Crippen LogP contribution in [0.2, 0.25) is 19.6 Å². The molecule has 7 heteroatoms. The molecule has 4 heterocycles. The van der Waals surface area contributed by atoms with Crippen molar-refractivity contribution in [2.24, 2.45) is 5.41 Å². The number of hydrogen-bond acceptors (Lipinski definition) is 4. The van der Waals surface area contributed by atoms with E-state index in [0.717, 1.165) is 62.1 Å².